The topological polar surface area (TPSA) is 53.1 Å². The third kappa shape index (κ3) is 4.22. The summed E-state index contributed by atoms with van der Waals surface area (Å²) in [5.41, 5.74) is 1.25. The van der Waals surface area contributed by atoms with Crippen LogP contribution in [0.4, 0.5) is 0 Å². The van der Waals surface area contributed by atoms with Crippen molar-refractivity contribution < 1.29 is 18.8 Å². The van der Waals surface area contributed by atoms with E-state index in [1.165, 1.54) is 0 Å². The first kappa shape index (κ1) is 19.6. The highest BCUT2D eigenvalue weighted by atomic mass is 16.7. The minimum Gasteiger partial charge on any atom is -0.474 e. The van der Waals surface area contributed by atoms with Crippen LogP contribution in [0.15, 0.2) is 12.3 Å². The van der Waals surface area contributed by atoms with Crippen LogP contribution in [-0.4, -0.2) is 61.6 Å². The zero-order valence-electron chi connectivity index (χ0n) is 16.9. The zero-order chi connectivity index (χ0) is 18.9. The summed E-state index contributed by atoms with van der Waals surface area (Å²) in [4.78, 5) is 6.73. The van der Waals surface area contributed by atoms with Crippen LogP contribution in [0.25, 0.3) is 0 Å². The molecule has 144 valence electrons. The molecule has 2 aliphatic rings. The van der Waals surface area contributed by atoms with Crippen molar-refractivity contribution in [3.05, 3.63) is 17.8 Å². The molecule has 6 nitrogen and oxygen atoms in total. The lowest BCUT2D eigenvalue weighted by Gasteiger charge is -2.32. The van der Waals surface area contributed by atoms with Crippen molar-refractivity contribution >= 4 is 12.6 Å². The molecule has 0 radical (unpaired) electrons. The van der Waals surface area contributed by atoms with Crippen molar-refractivity contribution in [3.8, 4) is 5.88 Å². The summed E-state index contributed by atoms with van der Waals surface area (Å²) in [5, 5.41) is 0. The standard InChI is InChI=1S/C19H31BN2O4/c1-18(2)19(3,4)26-20(25-18)15-11-14(13-22(5)6)17(21-12-15)24-16-7-9-23-10-8-16/h11-12,16H,7-10,13H2,1-6H3. The largest absolute Gasteiger partial charge is 0.496 e. The third-order valence-electron chi connectivity index (χ3n) is 5.41. The molecule has 0 N–H and O–H groups in total. The quantitative estimate of drug-likeness (QED) is 0.747. The van der Waals surface area contributed by atoms with Crippen molar-refractivity contribution in [3.63, 3.8) is 0 Å². The van der Waals surface area contributed by atoms with Gasteiger partial charge in [-0.15, -0.1) is 0 Å². The molecule has 1 aromatic heterocycles. The predicted molar refractivity (Wildman–Crippen MR) is 102 cm³/mol. The van der Waals surface area contributed by atoms with Crippen LogP contribution >= 0.6 is 0 Å². The lowest BCUT2D eigenvalue weighted by molar-refractivity contribution is 0.00578. The van der Waals surface area contributed by atoms with Crippen LogP contribution in [0.3, 0.4) is 0 Å². The van der Waals surface area contributed by atoms with Gasteiger partial charge in [-0.1, -0.05) is 6.07 Å². The summed E-state index contributed by atoms with van der Waals surface area (Å²) < 4.78 is 23.9. The molecule has 0 aromatic carbocycles. The Bertz CT molecular complexity index is 614. The number of pyridine rings is 1. The third-order valence-corrected chi connectivity index (χ3v) is 5.41. The lowest BCUT2D eigenvalue weighted by atomic mass is 9.79. The van der Waals surface area contributed by atoms with Crippen molar-refractivity contribution in [2.24, 2.45) is 0 Å². The number of hydrogen-bond donors (Lipinski definition) is 0. The second-order valence-electron chi connectivity index (χ2n) is 8.49. The Morgan fingerprint density at radius 2 is 1.77 bits per heavy atom. The normalized spacial score (nSPS) is 22.8. The summed E-state index contributed by atoms with van der Waals surface area (Å²) in [6, 6.07) is 2.10. The number of aromatic nitrogens is 1. The fraction of sp³-hybridized carbons (Fsp3) is 0.737. The van der Waals surface area contributed by atoms with E-state index in [1.807, 2.05) is 20.3 Å². The van der Waals surface area contributed by atoms with Gasteiger partial charge in [-0.3, -0.25) is 0 Å². The van der Waals surface area contributed by atoms with Gasteiger partial charge in [0.25, 0.3) is 0 Å². The Labute approximate surface area is 157 Å². The zero-order valence-corrected chi connectivity index (χ0v) is 16.9. The van der Waals surface area contributed by atoms with Gasteiger partial charge < -0.3 is 23.7 Å². The number of ether oxygens (including phenoxy) is 2. The minimum atomic E-state index is -0.412. The summed E-state index contributed by atoms with van der Waals surface area (Å²) >= 11 is 0. The highest BCUT2D eigenvalue weighted by molar-refractivity contribution is 6.62. The second kappa shape index (κ2) is 7.47. The molecule has 2 aliphatic heterocycles. The van der Waals surface area contributed by atoms with E-state index in [0.29, 0.717) is 5.88 Å². The average Bonchev–Trinajstić information content (AvgIpc) is 2.77. The number of hydrogen-bond acceptors (Lipinski definition) is 6. The predicted octanol–water partition coefficient (Wildman–Crippen LogP) is 2.00. The summed E-state index contributed by atoms with van der Waals surface area (Å²) in [7, 11) is 3.67. The van der Waals surface area contributed by atoms with E-state index in [2.05, 4.69) is 43.6 Å². The van der Waals surface area contributed by atoms with Gasteiger partial charge in [0.1, 0.15) is 6.10 Å². The summed E-state index contributed by atoms with van der Waals surface area (Å²) in [5.74, 6) is 0.700. The Hall–Kier alpha value is -1.15. The Morgan fingerprint density at radius 1 is 1.15 bits per heavy atom. The monoisotopic (exact) mass is 362 g/mol. The fourth-order valence-electron chi connectivity index (χ4n) is 3.14. The number of nitrogens with zero attached hydrogens (tertiary/aromatic N) is 2. The van der Waals surface area contributed by atoms with Crippen LogP contribution < -0.4 is 10.2 Å². The van der Waals surface area contributed by atoms with Crippen LogP contribution in [0.5, 0.6) is 5.88 Å². The molecule has 1 aromatic rings. The van der Waals surface area contributed by atoms with E-state index in [-0.39, 0.29) is 17.3 Å². The molecule has 0 saturated carbocycles. The molecular weight excluding hydrogens is 331 g/mol. The van der Waals surface area contributed by atoms with Crippen LogP contribution in [0, 0.1) is 0 Å². The van der Waals surface area contributed by atoms with E-state index in [4.69, 9.17) is 18.8 Å². The average molecular weight is 362 g/mol. The van der Waals surface area contributed by atoms with Gasteiger partial charge in [-0.2, -0.15) is 0 Å². The van der Waals surface area contributed by atoms with Gasteiger partial charge in [-0.05, 0) is 41.8 Å². The maximum Gasteiger partial charge on any atom is 0.496 e. The van der Waals surface area contributed by atoms with Gasteiger partial charge in [0, 0.05) is 36.6 Å². The second-order valence-corrected chi connectivity index (χ2v) is 8.49. The highest BCUT2D eigenvalue weighted by Crippen LogP contribution is 2.36. The van der Waals surface area contributed by atoms with Crippen molar-refractivity contribution in [2.75, 3.05) is 27.3 Å². The van der Waals surface area contributed by atoms with Gasteiger partial charge in [0.15, 0.2) is 0 Å². The van der Waals surface area contributed by atoms with E-state index in [0.717, 1.165) is 43.6 Å². The molecule has 26 heavy (non-hydrogen) atoms. The molecule has 0 atom stereocenters. The van der Waals surface area contributed by atoms with Crippen LogP contribution in [0.2, 0.25) is 0 Å². The highest BCUT2D eigenvalue weighted by Gasteiger charge is 2.51. The SMILES string of the molecule is CN(C)Cc1cc(B2OC(C)(C)C(C)(C)O2)cnc1OC1CCOCC1. The van der Waals surface area contributed by atoms with Crippen molar-refractivity contribution in [1.29, 1.82) is 0 Å². The first-order valence-corrected chi connectivity index (χ1v) is 9.41. The van der Waals surface area contributed by atoms with Crippen molar-refractivity contribution in [1.82, 2.24) is 9.88 Å². The number of rotatable bonds is 5. The van der Waals surface area contributed by atoms with E-state index < -0.39 is 7.12 Å². The van der Waals surface area contributed by atoms with Gasteiger partial charge in [0.2, 0.25) is 5.88 Å². The maximum absolute atomic E-state index is 6.19. The fourth-order valence-corrected chi connectivity index (χ4v) is 3.14. The van der Waals surface area contributed by atoms with Crippen molar-refractivity contribution in [2.45, 2.75) is 64.4 Å². The molecule has 2 fully saturated rings. The Kier molecular flexibility index (Phi) is 5.63. The van der Waals surface area contributed by atoms with E-state index in [9.17, 15) is 0 Å². The molecule has 0 bridgehead atoms. The molecule has 0 spiro atoms. The Balaban J connectivity index is 1.82. The molecule has 2 saturated heterocycles. The smallest absolute Gasteiger partial charge is 0.474 e. The maximum atomic E-state index is 6.19. The molecule has 0 unspecified atom stereocenters. The first-order chi connectivity index (χ1) is 12.2. The van der Waals surface area contributed by atoms with E-state index >= 15 is 0 Å². The van der Waals surface area contributed by atoms with Gasteiger partial charge >= 0.3 is 7.12 Å². The molecule has 3 heterocycles. The van der Waals surface area contributed by atoms with Crippen LogP contribution in [0.1, 0.15) is 46.1 Å². The molecular formula is C19H31BN2O4. The molecule has 0 aliphatic carbocycles. The molecule has 3 rings (SSSR count). The van der Waals surface area contributed by atoms with E-state index in [1.54, 1.807) is 0 Å². The first-order valence-electron chi connectivity index (χ1n) is 9.41. The Morgan fingerprint density at radius 3 is 2.35 bits per heavy atom. The minimum absolute atomic E-state index is 0.167. The van der Waals surface area contributed by atoms with Crippen LogP contribution in [-0.2, 0) is 20.6 Å². The van der Waals surface area contributed by atoms with Gasteiger partial charge in [-0.25, -0.2) is 4.98 Å². The summed E-state index contributed by atoms with van der Waals surface area (Å²) in [6.07, 6.45) is 3.79. The lowest BCUT2D eigenvalue weighted by Crippen LogP contribution is -2.41. The van der Waals surface area contributed by atoms with Gasteiger partial charge in [0.05, 0.1) is 24.4 Å². The molecule has 7 heteroatoms. The molecule has 0 amide bonds. The summed E-state index contributed by atoms with van der Waals surface area (Å²) in [6.45, 7) is 10.5.